The second kappa shape index (κ2) is 6.47. The molecule has 0 atom stereocenters. The Morgan fingerprint density at radius 3 is 2.35 bits per heavy atom. The van der Waals surface area contributed by atoms with E-state index in [4.69, 9.17) is 0 Å². The summed E-state index contributed by atoms with van der Waals surface area (Å²) in [7, 11) is 0. The first-order chi connectivity index (χ1) is 12.4. The third kappa shape index (κ3) is 3.00. The van der Waals surface area contributed by atoms with Gasteiger partial charge in [-0.25, -0.2) is 4.99 Å². The van der Waals surface area contributed by atoms with Crippen molar-refractivity contribution in [3.8, 4) is 5.69 Å². The van der Waals surface area contributed by atoms with Crippen molar-refractivity contribution < 1.29 is 15.1 Å². The Kier molecular flexibility index (Phi) is 4.19. The molecule has 11 nitrogen and oxygen atoms in total. The molecule has 0 saturated carbocycles. The lowest BCUT2D eigenvalue weighted by atomic mass is 10.2. The summed E-state index contributed by atoms with van der Waals surface area (Å²) < 4.78 is 0. The van der Waals surface area contributed by atoms with Crippen molar-refractivity contribution in [3.63, 3.8) is 0 Å². The topological polar surface area (TPSA) is 142 Å². The first-order valence-corrected chi connectivity index (χ1v) is 7.29. The van der Waals surface area contributed by atoms with E-state index in [1.54, 1.807) is 37.3 Å². The zero-order valence-electron chi connectivity index (χ0n) is 13.4. The number of hydrogen-bond acceptors (Lipinski definition) is 7. The van der Waals surface area contributed by atoms with Crippen molar-refractivity contribution >= 4 is 17.2 Å². The number of aryl methyl sites for hydroxylation is 1. The Bertz CT molecular complexity index is 1070. The molecule has 0 spiro atoms. The second-order valence-electron chi connectivity index (χ2n) is 5.26. The third-order valence-corrected chi connectivity index (χ3v) is 3.54. The van der Waals surface area contributed by atoms with Gasteiger partial charge in [-0.3, -0.25) is 10.1 Å². The van der Waals surface area contributed by atoms with Crippen LogP contribution in [0.1, 0.15) is 5.56 Å². The van der Waals surface area contributed by atoms with E-state index in [2.05, 4.69) is 10.1 Å². The average molecular weight is 356 g/mol. The standard InChI is InChI=1S/C15H12N6O5/c1-10-9-12(20(23)24)7-8-13(10)16-14-15(21(25)26)17-18(19(14)22)11-5-3-2-4-6-11/h2-9,22H,1H3. The first kappa shape index (κ1) is 16.8. The summed E-state index contributed by atoms with van der Waals surface area (Å²) in [6.07, 6.45) is 0. The van der Waals surface area contributed by atoms with Gasteiger partial charge in [-0.05, 0) is 40.4 Å². The molecule has 0 amide bonds. The van der Waals surface area contributed by atoms with Crippen LogP contribution in [-0.2, 0) is 0 Å². The summed E-state index contributed by atoms with van der Waals surface area (Å²) in [6, 6.07) is 12.2. The minimum absolute atomic E-state index is 0.132. The van der Waals surface area contributed by atoms with E-state index in [0.29, 0.717) is 16.1 Å². The fourth-order valence-corrected chi connectivity index (χ4v) is 2.29. The van der Waals surface area contributed by atoms with Crippen LogP contribution >= 0.6 is 0 Å². The van der Waals surface area contributed by atoms with E-state index < -0.39 is 21.2 Å². The normalized spacial score (nSPS) is 11.5. The van der Waals surface area contributed by atoms with Gasteiger partial charge in [-0.1, -0.05) is 23.0 Å². The van der Waals surface area contributed by atoms with Gasteiger partial charge in [0.05, 0.1) is 15.7 Å². The Morgan fingerprint density at radius 1 is 1.08 bits per heavy atom. The molecule has 1 aromatic heterocycles. The van der Waals surface area contributed by atoms with Crippen LogP contribution in [0.5, 0.6) is 0 Å². The van der Waals surface area contributed by atoms with Crippen LogP contribution in [0.2, 0.25) is 0 Å². The van der Waals surface area contributed by atoms with Crippen LogP contribution in [0.25, 0.3) is 5.69 Å². The SMILES string of the molecule is Cc1cc([N+](=O)[O-])ccc1N=c1c([N+](=O)[O-])nn(-c2ccccc2)n1O. The van der Waals surface area contributed by atoms with Crippen molar-refractivity contribution in [2.75, 3.05) is 0 Å². The van der Waals surface area contributed by atoms with Crippen molar-refractivity contribution in [1.82, 2.24) is 14.7 Å². The van der Waals surface area contributed by atoms with Gasteiger partial charge in [0.2, 0.25) is 0 Å². The van der Waals surface area contributed by atoms with Gasteiger partial charge in [0.1, 0.15) is 5.69 Å². The number of benzene rings is 2. The lowest BCUT2D eigenvalue weighted by Gasteiger charge is -2.00. The number of rotatable bonds is 4. The van der Waals surface area contributed by atoms with Gasteiger partial charge in [-0.2, -0.15) is 0 Å². The number of aromatic nitrogens is 3. The number of hydrogen-bond donors (Lipinski definition) is 1. The predicted molar refractivity (Wildman–Crippen MR) is 88.4 cm³/mol. The highest BCUT2D eigenvalue weighted by Gasteiger charge is 2.24. The quantitative estimate of drug-likeness (QED) is 0.432. The van der Waals surface area contributed by atoms with Gasteiger partial charge in [-0.15, -0.1) is 0 Å². The molecule has 0 aliphatic heterocycles. The highest BCUT2D eigenvalue weighted by molar-refractivity contribution is 5.51. The van der Waals surface area contributed by atoms with E-state index in [9.17, 15) is 25.4 Å². The van der Waals surface area contributed by atoms with Crippen LogP contribution in [0.3, 0.4) is 0 Å². The van der Waals surface area contributed by atoms with Crippen LogP contribution in [-0.4, -0.2) is 29.8 Å². The molecule has 3 rings (SSSR count). The Hall–Kier alpha value is -4.02. The monoisotopic (exact) mass is 356 g/mol. The van der Waals surface area contributed by atoms with Crippen molar-refractivity contribution in [1.29, 1.82) is 0 Å². The lowest BCUT2D eigenvalue weighted by Crippen LogP contribution is -2.22. The van der Waals surface area contributed by atoms with Crippen LogP contribution in [0.4, 0.5) is 17.2 Å². The molecule has 1 N–H and O–H groups in total. The molecule has 0 radical (unpaired) electrons. The van der Waals surface area contributed by atoms with Gasteiger partial charge < -0.3 is 15.3 Å². The van der Waals surface area contributed by atoms with E-state index in [1.165, 1.54) is 18.2 Å². The fourth-order valence-electron chi connectivity index (χ4n) is 2.29. The minimum atomic E-state index is -0.772. The molecular formula is C15H12N6O5. The molecule has 0 fully saturated rings. The number of nitro benzene ring substituents is 1. The number of nitrogens with zero attached hydrogens (tertiary/aromatic N) is 6. The lowest BCUT2D eigenvalue weighted by molar-refractivity contribution is -0.391. The zero-order chi connectivity index (χ0) is 18.8. The van der Waals surface area contributed by atoms with E-state index >= 15 is 0 Å². The number of para-hydroxylation sites is 1. The Morgan fingerprint density at radius 2 is 1.77 bits per heavy atom. The smallest absolute Gasteiger partial charge is 0.409 e. The second-order valence-corrected chi connectivity index (χ2v) is 5.26. The largest absolute Gasteiger partial charge is 0.438 e. The number of non-ortho nitro benzene ring substituents is 1. The molecular weight excluding hydrogens is 344 g/mol. The molecule has 3 aromatic rings. The highest BCUT2D eigenvalue weighted by atomic mass is 16.6. The fraction of sp³-hybridized carbons (Fsp3) is 0.0667. The van der Waals surface area contributed by atoms with Crippen molar-refractivity contribution in [2.24, 2.45) is 4.99 Å². The molecule has 0 unspecified atom stereocenters. The van der Waals surface area contributed by atoms with E-state index in [1.807, 2.05) is 0 Å². The molecule has 132 valence electrons. The zero-order valence-corrected chi connectivity index (χ0v) is 13.4. The molecule has 0 bridgehead atoms. The maximum absolute atomic E-state index is 11.3. The maximum atomic E-state index is 11.3. The van der Waals surface area contributed by atoms with Crippen molar-refractivity contribution in [2.45, 2.75) is 6.92 Å². The molecule has 26 heavy (non-hydrogen) atoms. The summed E-state index contributed by atoms with van der Waals surface area (Å²) in [4.78, 5) is 26.2. The van der Waals surface area contributed by atoms with E-state index in [-0.39, 0.29) is 11.4 Å². The Balaban J connectivity index is 2.21. The number of nitro groups is 2. The van der Waals surface area contributed by atoms with Crippen LogP contribution in [0.15, 0.2) is 53.5 Å². The molecule has 0 aliphatic rings. The molecule has 2 aromatic carbocycles. The van der Waals surface area contributed by atoms with Crippen LogP contribution < -0.4 is 5.49 Å². The van der Waals surface area contributed by atoms with Crippen LogP contribution in [0, 0.1) is 27.2 Å². The summed E-state index contributed by atoms with van der Waals surface area (Å²) in [6.45, 7) is 1.57. The summed E-state index contributed by atoms with van der Waals surface area (Å²) >= 11 is 0. The predicted octanol–water partition coefficient (Wildman–Crippen LogP) is 2.27. The van der Waals surface area contributed by atoms with Gasteiger partial charge in [0.15, 0.2) is 0 Å². The van der Waals surface area contributed by atoms with Gasteiger partial charge >= 0.3 is 5.82 Å². The summed E-state index contributed by atoms with van der Waals surface area (Å²) in [5.41, 5.74) is 0.499. The minimum Gasteiger partial charge on any atom is -0.409 e. The molecule has 0 saturated heterocycles. The molecule has 0 aliphatic carbocycles. The summed E-state index contributed by atoms with van der Waals surface area (Å²) in [5, 5.41) is 36.2. The summed E-state index contributed by atoms with van der Waals surface area (Å²) in [5.74, 6) is -0.658. The first-order valence-electron chi connectivity index (χ1n) is 7.29. The molecule has 11 heteroatoms. The van der Waals surface area contributed by atoms with Gasteiger partial charge in [0.25, 0.3) is 11.2 Å². The van der Waals surface area contributed by atoms with Crippen molar-refractivity contribution in [3.05, 3.63) is 79.8 Å². The van der Waals surface area contributed by atoms with Gasteiger partial charge in [0, 0.05) is 12.1 Å². The highest BCUT2D eigenvalue weighted by Crippen LogP contribution is 2.23. The third-order valence-electron chi connectivity index (χ3n) is 3.54. The average Bonchev–Trinajstić information content (AvgIpc) is 2.94. The maximum Gasteiger partial charge on any atom is 0.438 e. The van der Waals surface area contributed by atoms with E-state index in [0.717, 1.165) is 4.80 Å². The molecule has 1 heterocycles. The Labute approximate surface area is 145 Å².